The van der Waals surface area contributed by atoms with Crippen LogP contribution in [-0.2, 0) is 9.53 Å². The molecule has 0 aliphatic rings. The smallest absolute Gasteiger partial charge is 0.337 e. The molecule has 0 saturated carbocycles. The second-order valence-corrected chi connectivity index (χ2v) is 8.91. The van der Waals surface area contributed by atoms with Gasteiger partial charge in [0.15, 0.2) is 11.9 Å². The molecule has 152 valence electrons. The molecule has 1 heterocycles. The molecule has 0 aliphatic carbocycles. The molecule has 1 aromatic heterocycles. The molecule has 1 atom stereocenters. The SMILES string of the molecule is Cc1nc2ccccc2c(-c2ccc(Br)c(F)c2Cl)c1[C@H](OC(C)(C)C)C(=O)O. The van der Waals surface area contributed by atoms with Gasteiger partial charge in [0.1, 0.15) is 0 Å². The fourth-order valence-electron chi connectivity index (χ4n) is 3.27. The molecule has 4 nitrogen and oxygen atoms in total. The van der Waals surface area contributed by atoms with Crippen LogP contribution in [0.5, 0.6) is 0 Å². The average molecular weight is 481 g/mol. The first-order chi connectivity index (χ1) is 13.5. The quantitative estimate of drug-likeness (QED) is 0.422. The number of halogens is 3. The standard InChI is InChI=1S/C22H20BrClFNO3/c1-11-16(20(21(27)28)29-22(2,3)4)17(12-7-5-6-8-15(12)26-11)13-9-10-14(23)19(25)18(13)24/h5-10,20H,1-4H3,(H,27,28)/t20-/m0/s1. The van der Waals surface area contributed by atoms with Crippen LogP contribution in [0.3, 0.4) is 0 Å². The monoisotopic (exact) mass is 479 g/mol. The molecule has 2 aromatic carbocycles. The number of hydrogen-bond donors (Lipinski definition) is 1. The number of fused-ring (bicyclic) bond motifs is 1. The van der Waals surface area contributed by atoms with Crippen molar-refractivity contribution in [3.63, 3.8) is 0 Å². The molecule has 0 amide bonds. The van der Waals surface area contributed by atoms with Crippen LogP contribution in [0.2, 0.25) is 5.02 Å². The third kappa shape index (κ3) is 4.29. The topological polar surface area (TPSA) is 59.4 Å². The van der Waals surface area contributed by atoms with Crippen LogP contribution >= 0.6 is 27.5 Å². The van der Waals surface area contributed by atoms with Gasteiger partial charge in [0, 0.05) is 27.8 Å². The summed E-state index contributed by atoms with van der Waals surface area (Å²) in [7, 11) is 0. The predicted octanol–water partition coefficient (Wildman–Crippen LogP) is 6.71. The molecule has 0 fully saturated rings. The number of carboxylic acids is 1. The molecule has 3 aromatic rings. The highest BCUT2D eigenvalue weighted by Gasteiger charge is 2.33. The maximum atomic E-state index is 14.6. The molecule has 3 rings (SSSR count). The Morgan fingerprint density at radius 1 is 1.24 bits per heavy atom. The van der Waals surface area contributed by atoms with Gasteiger partial charge in [0.05, 0.1) is 20.6 Å². The second kappa shape index (κ2) is 8.01. The fraction of sp³-hybridized carbons (Fsp3) is 0.273. The van der Waals surface area contributed by atoms with E-state index >= 15 is 0 Å². The highest BCUT2D eigenvalue weighted by Crippen LogP contribution is 2.43. The molecule has 0 bridgehead atoms. The summed E-state index contributed by atoms with van der Waals surface area (Å²) in [5.74, 6) is -1.77. The zero-order valence-electron chi connectivity index (χ0n) is 16.4. The number of hydrogen-bond acceptors (Lipinski definition) is 3. The number of pyridine rings is 1. The molecule has 0 aliphatic heterocycles. The number of ether oxygens (including phenoxy) is 1. The van der Waals surface area contributed by atoms with Crippen LogP contribution in [0.15, 0.2) is 40.9 Å². The highest BCUT2D eigenvalue weighted by molar-refractivity contribution is 9.10. The van der Waals surface area contributed by atoms with Crippen LogP contribution in [-0.4, -0.2) is 21.7 Å². The van der Waals surface area contributed by atoms with Gasteiger partial charge in [-0.2, -0.15) is 0 Å². The summed E-state index contributed by atoms with van der Waals surface area (Å²) in [5, 5.41) is 10.5. The minimum absolute atomic E-state index is 0.101. The van der Waals surface area contributed by atoms with Crippen LogP contribution < -0.4 is 0 Å². The van der Waals surface area contributed by atoms with Gasteiger partial charge in [-0.25, -0.2) is 9.18 Å². The van der Waals surface area contributed by atoms with E-state index in [1.54, 1.807) is 39.8 Å². The molecule has 29 heavy (non-hydrogen) atoms. The number of aromatic nitrogens is 1. The number of rotatable bonds is 4. The Morgan fingerprint density at radius 2 is 1.90 bits per heavy atom. The Balaban J connectivity index is 2.45. The van der Waals surface area contributed by atoms with Gasteiger partial charge in [0.2, 0.25) is 0 Å². The number of carbonyl (C=O) groups is 1. The lowest BCUT2D eigenvalue weighted by Gasteiger charge is -2.28. The van der Waals surface area contributed by atoms with Crippen LogP contribution in [0.25, 0.3) is 22.0 Å². The average Bonchev–Trinajstić information content (AvgIpc) is 2.63. The Labute approximate surface area is 181 Å². The number of aliphatic carboxylic acids is 1. The van der Waals surface area contributed by atoms with E-state index in [4.69, 9.17) is 16.3 Å². The van der Waals surface area contributed by atoms with Crippen molar-refractivity contribution in [3.05, 3.63) is 63.0 Å². The normalized spacial score (nSPS) is 12.9. The minimum atomic E-state index is -1.30. The lowest BCUT2D eigenvalue weighted by atomic mass is 9.91. The van der Waals surface area contributed by atoms with E-state index in [1.165, 1.54) is 0 Å². The van der Waals surface area contributed by atoms with Gasteiger partial charge in [0.25, 0.3) is 0 Å². The van der Waals surface area contributed by atoms with E-state index in [0.29, 0.717) is 33.3 Å². The van der Waals surface area contributed by atoms with E-state index in [9.17, 15) is 14.3 Å². The summed E-state index contributed by atoms with van der Waals surface area (Å²) < 4.78 is 20.7. The van der Waals surface area contributed by atoms with Gasteiger partial charge in [-0.05, 0) is 55.8 Å². The van der Waals surface area contributed by atoms with Crippen LogP contribution in [0, 0.1) is 12.7 Å². The first-order valence-corrected chi connectivity index (χ1v) is 10.1. The molecule has 7 heteroatoms. The second-order valence-electron chi connectivity index (χ2n) is 7.67. The first-order valence-electron chi connectivity index (χ1n) is 8.95. The summed E-state index contributed by atoms with van der Waals surface area (Å²) in [4.78, 5) is 16.8. The van der Waals surface area contributed by atoms with Gasteiger partial charge in [-0.1, -0.05) is 35.9 Å². The van der Waals surface area contributed by atoms with E-state index in [1.807, 2.05) is 24.3 Å². The summed E-state index contributed by atoms with van der Waals surface area (Å²) in [6.07, 6.45) is -1.30. The zero-order valence-corrected chi connectivity index (χ0v) is 18.7. The lowest BCUT2D eigenvalue weighted by molar-refractivity contribution is -0.160. The van der Waals surface area contributed by atoms with E-state index in [0.717, 1.165) is 0 Å². The van der Waals surface area contributed by atoms with E-state index in [2.05, 4.69) is 20.9 Å². The number of benzene rings is 2. The van der Waals surface area contributed by atoms with Crippen molar-refractivity contribution in [3.8, 4) is 11.1 Å². The van der Waals surface area contributed by atoms with Gasteiger partial charge < -0.3 is 9.84 Å². The summed E-state index contributed by atoms with van der Waals surface area (Å²) in [5.41, 5.74) is 1.65. The van der Waals surface area contributed by atoms with Gasteiger partial charge in [-0.15, -0.1) is 0 Å². The highest BCUT2D eigenvalue weighted by atomic mass is 79.9. The third-order valence-corrected chi connectivity index (χ3v) is 5.37. The number of nitrogens with zero attached hydrogens (tertiary/aromatic N) is 1. The molecule has 0 unspecified atom stereocenters. The van der Waals surface area contributed by atoms with Crippen molar-refractivity contribution < 1.29 is 19.0 Å². The summed E-state index contributed by atoms with van der Waals surface area (Å²) >= 11 is 9.50. The largest absolute Gasteiger partial charge is 0.479 e. The van der Waals surface area contributed by atoms with Crippen molar-refractivity contribution in [2.45, 2.75) is 39.4 Å². The molecule has 0 saturated heterocycles. The fourth-order valence-corrected chi connectivity index (χ4v) is 3.97. The lowest BCUT2D eigenvalue weighted by Crippen LogP contribution is -2.28. The van der Waals surface area contributed by atoms with Crippen molar-refractivity contribution in [2.24, 2.45) is 0 Å². The van der Waals surface area contributed by atoms with Crippen molar-refractivity contribution in [2.75, 3.05) is 0 Å². The Bertz CT molecular complexity index is 1110. The number of aryl methyl sites for hydroxylation is 1. The Morgan fingerprint density at radius 3 is 2.52 bits per heavy atom. The summed E-state index contributed by atoms with van der Waals surface area (Å²) in [6.45, 7) is 7.05. The van der Waals surface area contributed by atoms with Crippen molar-refractivity contribution >= 4 is 44.4 Å². The molecular formula is C22H20BrClFNO3. The van der Waals surface area contributed by atoms with Crippen molar-refractivity contribution in [1.29, 1.82) is 0 Å². The third-order valence-electron chi connectivity index (χ3n) is 4.38. The molecular weight excluding hydrogens is 461 g/mol. The van der Waals surface area contributed by atoms with Gasteiger partial charge in [-0.3, -0.25) is 4.98 Å². The molecule has 0 radical (unpaired) electrons. The predicted molar refractivity (Wildman–Crippen MR) is 116 cm³/mol. The number of para-hydroxylation sites is 1. The molecule has 1 N–H and O–H groups in total. The van der Waals surface area contributed by atoms with Crippen LogP contribution in [0.1, 0.15) is 38.1 Å². The van der Waals surface area contributed by atoms with E-state index < -0.39 is 23.5 Å². The number of carboxylic acid groups (broad SMARTS) is 1. The maximum absolute atomic E-state index is 14.6. The molecule has 0 spiro atoms. The Hall–Kier alpha value is -2.02. The maximum Gasteiger partial charge on any atom is 0.337 e. The first kappa shape index (κ1) is 21.7. The van der Waals surface area contributed by atoms with Gasteiger partial charge >= 0.3 is 5.97 Å². The van der Waals surface area contributed by atoms with Crippen LogP contribution in [0.4, 0.5) is 4.39 Å². The minimum Gasteiger partial charge on any atom is -0.479 e. The zero-order chi connectivity index (χ0) is 21.5. The Kier molecular flexibility index (Phi) is 5.99. The van der Waals surface area contributed by atoms with Crippen molar-refractivity contribution in [1.82, 2.24) is 4.98 Å². The summed E-state index contributed by atoms with van der Waals surface area (Å²) in [6, 6.07) is 10.5. The van der Waals surface area contributed by atoms with E-state index in [-0.39, 0.29) is 9.50 Å².